The largest absolute Gasteiger partial charge is 0.573 e. The van der Waals surface area contributed by atoms with E-state index in [0.29, 0.717) is 0 Å². The molecule has 0 saturated carbocycles. The second kappa shape index (κ2) is 9.81. The molecule has 1 heterocycles. The molecule has 1 fully saturated rings. The molecule has 1 saturated heterocycles. The molecule has 2 aromatic carbocycles. The monoisotopic (exact) mass is 478 g/mol. The van der Waals surface area contributed by atoms with E-state index in [2.05, 4.69) is 20.7 Å². The van der Waals surface area contributed by atoms with Crippen LogP contribution >= 0.6 is 0 Å². The fourth-order valence-electron chi connectivity index (χ4n) is 3.31. The van der Waals surface area contributed by atoms with Gasteiger partial charge in [-0.05, 0) is 30.2 Å². The first-order valence-corrected chi connectivity index (χ1v) is 10.1. The summed E-state index contributed by atoms with van der Waals surface area (Å²) in [5, 5.41) is 7.11. The summed E-state index contributed by atoms with van der Waals surface area (Å²) in [5.74, 6) is -1.87. The van der Waals surface area contributed by atoms with Crippen LogP contribution in [0.25, 0.3) is 0 Å². The topological polar surface area (TPSA) is 117 Å². The zero-order valence-corrected chi connectivity index (χ0v) is 17.9. The van der Waals surface area contributed by atoms with E-state index < -0.39 is 41.5 Å². The summed E-state index contributed by atoms with van der Waals surface area (Å²) < 4.78 is 40.8. The third-order valence-electron chi connectivity index (χ3n) is 5.05. The molecule has 0 aliphatic carbocycles. The van der Waals surface area contributed by atoms with Crippen LogP contribution in [0.5, 0.6) is 5.75 Å². The van der Waals surface area contributed by atoms with Gasteiger partial charge < -0.3 is 15.4 Å². The van der Waals surface area contributed by atoms with Gasteiger partial charge in [-0.15, -0.1) is 13.2 Å². The fraction of sp³-hybridized carbons (Fsp3) is 0.273. The van der Waals surface area contributed by atoms with Gasteiger partial charge in [0.1, 0.15) is 11.3 Å². The Morgan fingerprint density at radius 1 is 1.06 bits per heavy atom. The van der Waals surface area contributed by atoms with Gasteiger partial charge in [0.05, 0.1) is 0 Å². The summed E-state index contributed by atoms with van der Waals surface area (Å²) in [4.78, 5) is 49.9. The van der Waals surface area contributed by atoms with E-state index in [4.69, 9.17) is 0 Å². The molecule has 34 heavy (non-hydrogen) atoms. The Hall–Kier alpha value is -4.09. The molecule has 3 rings (SSSR count). The lowest BCUT2D eigenvalue weighted by Crippen LogP contribution is -2.42. The highest BCUT2D eigenvalue weighted by atomic mass is 19.4. The summed E-state index contributed by atoms with van der Waals surface area (Å²) >= 11 is 0. The molecule has 1 unspecified atom stereocenters. The number of amides is 6. The SMILES string of the molecule is CC1(c2ccc(OC(F)(F)F)cc2)NC(=O)N(CCC(=O)NC(=O)NCc2ccccc2)C1=O. The quantitative estimate of drug-likeness (QED) is 0.529. The molecule has 1 aliphatic heterocycles. The van der Waals surface area contributed by atoms with Gasteiger partial charge in [0.25, 0.3) is 5.91 Å². The lowest BCUT2D eigenvalue weighted by molar-refractivity contribution is -0.274. The first-order valence-electron chi connectivity index (χ1n) is 10.1. The molecule has 0 radical (unpaired) electrons. The number of nitrogens with zero attached hydrogens (tertiary/aromatic N) is 1. The number of hydrogen-bond acceptors (Lipinski definition) is 5. The highest BCUT2D eigenvalue weighted by Gasteiger charge is 2.49. The predicted octanol–water partition coefficient (Wildman–Crippen LogP) is 2.77. The van der Waals surface area contributed by atoms with Gasteiger partial charge in [0, 0.05) is 19.5 Å². The number of rotatable bonds is 7. The number of imide groups is 2. The van der Waals surface area contributed by atoms with Crippen LogP contribution in [-0.4, -0.2) is 41.7 Å². The van der Waals surface area contributed by atoms with E-state index in [-0.39, 0.29) is 25.1 Å². The van der Waals surface area contributed by atoms with Crippen molar-refractivity contribution in [3.8, 4) is 5.75 Å². The summed E-state index contributed by atoms with van der Waals surface area (Å²) in [6.45, 7) is 1.30. The number of urea groups is 2. The van der Waals surface area contributed by atoms with Crippen molar-refractivity contribution in [3.63, 3.8) is 0 Å². The van der Waals surface area contributed by atoms with Crippen molar-refractivity contribution in [3.05, 3.63) is 65.7 Å². The van der Waals surface area contributed by atoms with Crippen LogP contribution in [0.2, 0.25) is 0 Å². The lowest BCUT2D eigenvalue weighted by Gasteiger charge is -2.22. The van der Waals surface area contributed by atoms with Gasteiger partial charge in [-0.3, -0.25) is 19.8 Å². The molecule has 0 aromatic heterocycles. The van der Waals surface area contributed by atoms with E-state index in [0.717, 1.165) is 22.6 Å². The number of carbonyl (C=O) groups is 4. The number of nitrogens with one attached hydrogen (secondary N) is 3. The normalized spacial score (nSPS) is 17.8. The summed E-state index contributed by atoms with van der Waals surface area (Å²) in [5.41, 5.74) is -0.480. The van der Waals surface area contributed by atoms with Gasteiger partial charge in [0.15, 0.2) is 0 Å². The second-order valence-corrected chi connectivity index (χ2v) is 7.55. The van der Waals surface area contributed by atoms with E-state index in [9.17, 15) is 32.3 Å². The minimum atomic E-state index is -4.86. The van der Waals surface area contributed by atoms with Crippen LogP contribution < -0.4 is 20.7 Å². The predicted molar refractivity (Wildman–Crippen MR) is 112 cm³/mol. The lowest BCUT2D eigenvalue weighted by atomic mass is 9.92. The van der Waals surface area contributed by atoms with E-state index in [1.165, 1.54) is 19.1 Å². The Balaban J connectivity index is 1.54. The van der Waals surface area contributed by atoms with Crippen LogP contribution in [0.1, 0.15) is 24.5 Å². The molecule has 2 aromatic rings. The summed E-state index contributed by atoms with van der Waals surface area (Å²) in [7, 11) is 0. The molecule has 0 bridgehead atoms. The standard InChI is InChI=1S/C22H21F3N4O5/c1-21(15-7-9-16(10-8-15)34-22(23,24)25)18(31)29(20(33)28-21)12-11-17(30)27-19(32)26-13-14-5-3-2-4-6-14/h2-10H,11-13H2,1H3,(H,28,33)(H2,26,27,30,32). The molecule has 1 atom stereocenters. The van der Waals surface area contributed by atoms with Crippen molar-refractivity contribution in [2.24, 2.45) is 0 Å². The molecular weight excluding hydrogens is 457 g/mol. The Kier molecular flexibility index (Phi) is 7.08. The van der Waals surface area contributed by atoms with Gasteiger partial charge in [-0.25, -0.2) is 9.59 Å². The van der Waals surface area contributed by atoms with Crippen LogP contribution in [0, 0.1) is 0 Å². The molecule has 0 spiro atoms. The highest BCUT2D eigenvalue weighted by molar-refractivity contribution is 6.07. The summed E-state index contributed by atoms with van der Waals surface area (Å²) in [6, 6.07) is 12.0. The zero-order valence-electron chi connectivity index (χ0n) is 17.9. The van der Waals surface area contributed by atoms with Crippen molar-refractivity contribution in [1.29, 1.82) is 0 Å². The minimum Gasteiger partial charge on any atom is -0.406 e. The fourth-order valence-corrected chi connectivity index (χ4v) is 3.31. The number of benzene rings is 2. The third kappa shape index (κ3) is 6.03. The van der Waals surface area contributed by atoms with Crippen molar-refractivity contribution >= 4 is 23.9 Å². The van der Waals surface area contributed by atoms with E-state index in [1.54, 1.807) is 24.3 Å². The third-order valence-corrected chi connectivity index (χ3v) is 5.05. The molecule has 3 N–H and O–H groups in total. The Morgan fingerprint density at radius 3 is 2.32 bits per heavy atom. The van der Waals surface area contributed by atoms with Crippen LogP contribution in [-0.2, 0) is 21.7 Å². The maximum Gasteiger partial charge on any atom is 0.573 e. The van der Waals surface area contributed by atoms with Crippen molar-refractivity contribution in [2.75, 3.05) is 6.54 Å². The molecule has 9 nitrogen and oxygen atoms in total. The number of halogens is 3. The zero-order chi connectivity index (χ0) is 24.9. The maximum absolute atomic E-state index is 12.9. The number of ether oxygens (including phenoxy) is 1. The number of hydrogen-bond donors (Lipinski definition) is 3. The second-order valence-electron chi connectivity index (χ2n) is 7.55. The van der Waals surface area contributed by atoms with Gasteiger partial charge in [-0.2, -0.15) is 0 Å². The smallest absolute Gasteiger partial charge is 0.406 e. The van der Waals surface area contributed by atoms with Crippen LogP contribution in [0.3, 0.4) is 0 Å². The van der Waals surface area contributed by atoms with Crippen LogP contribution in [0.15, 0.2) is 54.6 Å². The van der Waals surface area contributed by atoms with Gasteiger partial charge in [0.2, 0.25) is 5.91 Å². The molecule has 12 heteroatoms. The molecule has 1 aliphatic rings. The van der Waals surface area contributed by atoms with E-state index in [1.807, 2.05) is 6.07 Å². The van der Waals surface area contributed by atoms with Gasteiger partial charge >= 0.3 is 18.4 Å². The number of carbonyl (C=O) groups excluding carboxylic acids is 4. The Labute approximate surface area is 192 Å². The molecule has 180 valence electrons. The highest BCUT2D eigenvalue weighted by Crippen LogP contribution is 2.31. The Bertz CT molecular complexity index is 1080. The van der Waals surface area contributed by atoms with Crippen molar-refractivity contribution in [1.82, 2.24) is 20.9 Å². The first kappa shape index (κ1) is 24.6. The summed E-state index contributed by atoms with van der Waals surface area (Å²) in [6.07, 6.45) is -5.19. The average molecular weight is 478 g/mol. The van der Waals surface area contributed by atoms with Crippen LogP contribution in [0.4, 0.5) is 22.8 Å². The molecular formula is C22H21F3N4O5. The first-order chi connectivity index (χ1) is 16.0. The van der Waals surface area contributed by atoms with Crippen molar-refractivity contribution < 1.29 is 37.1 Å². The Morgan fingerprint density at radius 2 is 1.71 bits per heavy atom. The number of alkyl halides is 3. The van der Waals surface area contributed by atoms with E-state index >= 15 is 0 Å². The molecule has 6 amide bonds. The average Bonchev–Trinajstić information content (AvgIpc) is 2.99. The minimum absolute atomic E-state index is 0.206. The van der Waals surface area contributed by atoms with Crippen molar-refractivity contribution in [2.45, 2.75) is 31.8 Å². The van der Waals surface area contributed by atoms with Gasteiger partial charge in [-0.1, -0.05) is 42.5 Å². The maximum atomic E-state index is 12.9.